The first-order chi connectivity index (χ1) is 16.3. The molecule has 0 atom stereocenters. The number of benzene rings is 1. The molecule has 33 heavy (non-hydrogen) atoms. The Hall–Kier alpha value is -2.55. The minimum absolute atomic E-state index is 0.873. The Morgan fingerprint density at radius 3 is 2.64 bits per heavy atom. The fourth-order valence-corrected chi connectivity index (χ4v) is 6.95. The molecule has 0 saturated carbocycles. The van der Waals surface area contributed by atoms with Crippen molar-refractivity contribution < 1.29 is 4.74 Å². The van der Waals surface area contributed by atoms with E-state index in [0.717, 1.165) is 60.6 Å². The molecule has 8 heteroatoms. The molecule has 0 radical (unpaired) electrons. The molecule has 2 aliphatic rings. The quantitative estimate of drug-likeness (QED) is 0.402. The van der Waals surface area contributed by atoms with Crippen molar-refractivity contribution in [3.63, 3.8) is 0 Å². The van der Waals surface area contributed by atoms with Crippen LogP contribution in [0.15, 0.2) is 36.0 Å². The number of methoxy groups -OCH3 is 1. The number of hydrogen-bond donors (Lipinski definition) is 0. The molecule has 0 amide bonds. The molecule has 1 aromatic carbocycles. The maximum Gasteiger partial charge on any atom is 0.141 e. The van der Waals surface area contributed by atoms with E-state index in [1.165, 1.54) is 46.3 Å². The van der Waals surface area contributed by atoms with Crippen LogP contribution < -0.4 is 9.64 Å². The lowest BCUT2D eigenvalue weighted by molar-refractivity contribution is 0.247. The summed E-state index contributed by atoms with van der Waals surface area (Å²) in [5.74, 6) is 2.02. The maximum atomic E-state index is 5.26. The maximum absolute atomic E-state index is 5.26. The molecule has 0 unspecified atom stereocenters. The molecule has 6 nitrogen and oxygen atoms in total. The van der Waals surface area contributed by atoms with Gasteiger partial charge in [0.1, 0.15) is 27.7 Å². The van der Waals surface area contributed by atoms with Crippen molar-refractivity contribution in [1.82, 2.24) is 19.9 Å². The van der Waals surface area contributed by atoms with Gasteiger partial charge in [-0.05, 0) is 55.5 Å². The van der Waals surface area contributed by atoms with Gasteiger partial charge in [-0.1, -0.05) is 0 Å². The first-order valence-electron chi connectivity index (χ1n) is 11.6. The smallest absolute Gasteiger partial charge is 0.141 e. The van der Waals surface area contributed by atoms with E-state index in [4.69, 9.17) is 14.7 Å². The summed E-state index contributed by atoms with van der Waals surface area (Å²) in [4.78, 5) is 21.9. The lowest BCUT2D eigenvalue weighted by Crippen LogP contribution is -2.46. The monoisotopic (exact) mass is 477 g/mol. The van der Waals surface area contributed by atoms with Gasteiger partial charge in [0.15, 0.2) is 0 Å². The van der Waals surface area contributed by atoms with E-state index in [-0.39, 0.29) is 0 Å². The van der Waals surface area contributed by atoms with Gasteiger partial charge in [-0.15, -0.1) is 22.7 Å². The van der Waals surface area contributed by atoms with Crippen LogP contribution in [0.5, 0.6) is 5.75 Å². The molecule has 1 fully saturated rings. The number of aromatic nitrogens is 3. The highest BCUT2D eigenvalue weighted by atomic mass is 32.1. The number of hydrogen-bond acceptors (Lipinski definition) is 8. The molecule has 0 N–H and O–H groups in total. The van der Waals surface area contributed by atoms with Crippen LogP contribution in [0.2, 0.25) is 0 Å². The average Bonchev–Trinajstić information content (AvgIpc) is 3.49. The summed E-state index contributed by atoms with van der Waals surface area (Å²) >= 11 is 3.59. The standard InChI is InChI=1S/C25H27N5OS2/c1-31-19-8-6-17(7-9-19)24-28-18(15-32-24)14-29-10-12-30(13-11-29)23-22-20-4-2-3-5-21(20)33-25(22)27-16-26-23/h6-9,15-16H,2-5,10-14H2,1H3. The van der Waals surface area contributed by atoms with Crippen molar-refractivity contribution >= 4 is 38.7 Å². The highest BCUT2D eigenvalue weighted by Gasteiger charge is 2.25. The molecule has 1 saturated heterocycles. The van der Waals surface area contributed by atoms with E-state index in [1.54, 1.807) is 24.8 Å². The van der Waals surface area contributed by atoms with E-state index in [2.05, 4.69) is 32.3 Å². The van der Waals surface area contributed by atoms with E-state index in [1.807, 2.05) is 23.5 Å². The molecule has 0 spiro atoms. The number of aryl methyl sites for hydroxylation is 2. The third kappa shape index (κ3) is 4.11. The number of anilines is 1. The van der Waals surface area contributed by atoms with Gasteiger partial charge in [0.2, 0.25) is 0 Å². The normalized spacial score (nSPS) is 16.8. The Bertz CT molecular complexity index is 1260. The van der Waals surface area contributed by atoms with Gasteiger partial charge in [0.25, 0.3) is 0 Å². The zero-order valence-corrected chi connectivity index (χ0v) is 20.4. The zero-order valence-electron chi connectivity index (χ0n) is 18.8. The Balaban J connectivity index is 1.13. The number of fused-ring (bicyclic) bond motifs is 3. The first kappa shape index (κ1) is 21.0. The number of piperazine rings is 1. The van der Waals surface area contributed by atoms with Crippen LogP contribution in [0.1, 0.15) is 29.0 Å². The highest BCUT2D eigenvalue weighted by molar-refractivity contribution is 7.19. The predicted octanol–water partition coefficient (Wildman–Crippen LogP) is 5.02. The van der Waals surface area contributed by atoms with Crippen molar-refractivity contribution in [2.24, 2.45) is 0 Å². The van der Waals surface area contributed by atoms with Gasteiger partial charge in [0, 0.05) is 48.5 Å². The van der Waals surface area contributed by atoms with E-state index < -0.39 is 0 Å². The third-order valence-electron chi connectivity index (χ3n) is 6.68. The molecule has 3 aromatic heterocycles. The third-order valence-corrected chi connectivity index (χ3v) is 8.82. The molecule has 1 aliphatic carbocycles. The second-order valence-electron chi connectivity index (χ2n) is 8.72. The Labute approximate surface area is 201 Å². The van der Waals surface area contributed by atoms with Gasteiger partial charge >= 0.3 is 0 Å². The van der Waals surface area contributed by atoms with Crippen LogP contribution in [0, 0.1) is 0 Å². The Morgan fingerprint density at radius 1 is 1.00 bits per heavy atom. The predicted molar refractivity (Wildman–Crippen MR) is 136 cm³/mol. The number of rotatable bonds is 5. The summed E-state index contributed by atoms with van der Waals surface area (Å²) < 4.78 is 5.26. The summed E-state index contributed by atoms with van der Waals surface area (Å²) in [5, 5.41) is 4.59. The minimum atomic E-state index is 0.873. The summed E-state index contributed by atoms with van der Waals surface area (Å²) in [6.07, 6.45) is 6.72. The van der Waals surface area contributed by atoms with Crippen LogP contribution >= 0.6 is 22.7 Å². The largest absolute Gasteiger partial charge is 0.497 e. The summed E-state index contributed by atoms with van der Waals surface area (Å²) in [5.41, 5.74) is 3.81. The minimum Gasteiger partial charge on any atom is -0.497 e. The molecule has 4 heterocycles. The number of thiazole rings is 1. The lowest BCUT2D eigenvalue weighted by atomic mass is 9.97. The van der Waals surface area contributed by atoms with Crippen molar-refractivity contribution in [2.45, 2.75) is 32.2 Å². The second-order valence-corrected chi connectivity index (χ2v) is 10.7. The molecule has 170 valence electrons. The van der Waals surface area contributed by atoms with Crippen LogP contribution in [0.25, 0.3) is 20.8 Å². The van der Waals surface area contributed by atoms with E-state index >= 15 is 0 Å². The van der Waals surface area contributed by atoms with Gasteiger partial charge in [-0.3, -0.25) is 4.90 Å². The lowest BCUT2D eigenvalue weighted by Gasteiger charge is -2.35. The number of nitrogens with zero attached hydrogens (tertiary/aromatic N) is 5. The zero-order chi connectivity index (χ0) is 22.2. The van der Waals surface area contributed by atoms with Gasteiger partial charge in [0.05, 0.1) is 18.2 Å². The van der Waals surface area contributed by atoms with Crippen LogP contribution in [0.3, 0.4) is 0 Å². The molecule has 0 bridgehead atoms. The highest BCUT2D eigenvalue weighted by Crippen LogP contribution is 2.39. The van der Waals surface area contributed by atoms with Crippen molar-refractivity contribution in [2.75, 3.05) is 38.2 Å². The SMILES string of the molecule is COc1ccc(-c2nc(CN3CCN(c4ncnc5sc6c(c45)CCCC6)CC3)cs2)cc1. The van der Waals surface area contributed by atoms with Crippen molar-refractivity contribution in [1.29, 1.82) is 0 Å². The van der Waals surface area contributed by atoms with Gasteiger partial charge in [-0.2, -0.15) is 0 Å². The van der Waals surface area contributed by atoms with Crippen LogP contribution in [-0.2, 0) is 19.4 Å². The van der Waals surface area contributed by atoms with E-state index in [9.17, 15) is 0 Å². The molecular weight excluding hydrogens is 450 g/mol. The van der Waals surface area contributed by atoms with Gasteiger partial charge < -0.3 is 9.64 Å². The van der Waals surface area contributed by atoms with Gasteiger partial charge in [-0.25, -0.2) is 15.0 Å². The number of thiophene rings is 1. The molecular formula is C25H27N5OS2. The molecule has 6 rings (SSSR count). The number of ether oxygens (including phenoxy) is 1. The summed E-state index contributed by atoms with van der Waals surface area (Å²) in [6, 6.07) is 8.13. The fourth-order valence-electron chi connectivity index (χ4n) is 4.91. The first-order valence-corrected chi connectivity index (χ1v) is 13.3. The van der Waals surface area contributed by atoms with Crippen molar-refractivity contribution in [3.8, 4) is 16.3 Å². The molecule has 4 aromatic rings. The summed E-state index contributed by atoms with van der Waals surface area (Å²) in [7, 11) is 1.69. The fraction of sp³-hybridized carbons (Fsp3) is 0.400. The van der Waals surface area contributed by atoms with Crippen LogP contribution in [0.4, 0.5) is 5.82 Å². The van der Waals surface area contributed by atoms with Crippen LogP contribution in [-0.4, -0.2) is 53.1 Å². The Morgan fingerprint density at radius 2 is 1.82 bits per heavy atom. The Kier molecular flexibility index (Phi) is 5.73. The topological polar surface area (TPSA) is 54.4 Å². The summed E-state index contributed by atoms with van der Waals surface area (Å²) in [6.45, 7) is 4.92. The average molecular weight is 478 g/mol. The second kappa shape index (κ2) is 9.00. The molecule has 1 aliphatic heterocycles. The van der Waals surface area contributed by atoms with E-state index in [0.29, 0.717) is 0 Å². The van der Waals surface area contributed by atoms with Crippen molar-refractivity contribution in [3.05, 3.63) is 52.1 Å².